The average Bonchev–Trinajstić information content (AvgIpc) is 3.62. The third kappa shape index (κ3) is 4.99. The van der Waals surface area contributed by atoms with Crippen molar-refractivity contribution in [3.8, 4) is 45.3 Å². The van der Waals surface area contributed by atoms with Gasteiger partial charge >= 0.3 is 0 Å². The van der Waals surface area contributed by atoms with E-state index in [0.717, 1.165) is 27.6 Å². The largest absolute Gasteiger partial charge is 0.208 e. The van der Waals surface area contributed by atoms with Crippen LogP contribution >= 0.6 is 11.3 Å². The molecule has 3 nitrogen and oxygen atoms in total. The molecule has 4 heteroatoms. The molecule has 11 rings (SSSR count). The summed E-state index contributed by atoms with van der Waals surface area (Å²) >= 11 is 1.85. The second-order valence-corrected chi connectivity index (χ2v) is 14.7. The summed E-state index contributed by atoms with van der Waals surface area (Å²) in [6.07, 6.45) is 0. The van der Waals surface area contributed by atoms with Crippen molar-refractivity contribution in [2.45, 2.75) is 0 Å². The van der Waals surface area contributed by atoms with Gasteiger partial charge in [-0.15, -0.1) is 11.3 Å². The Morgan fingerprint density at radius 1 is 0.321 bits per heavy atom. The van der Waals surface area contributed by atoms with E-state index in [1.807, 2.05) is 11.3 Å². The number of aromatic nitrogens is 3. The van der Waals surface area contributed by atoms with Gasteiger partial charge in [-0.05, 0) is 73.1 Å². The maximum absolute atomic E-state index is 5.29. The quantitative estimate of drug-likeness (QED) is 0.172. The number of hydrogen-bond donors (Lipinski definition) is 0. The Morgan fingerprint density at radius 3 is 1.58 bits per heavy atom. The lowest BCUT2D eigenvalue weighted by atomic mass is 9.96. The first kappa shape index (κ1) is 29.9. The van der Waals surface area contributed by atoms with Crippen LogP contribution < -0.4 is 0 Å². The normalized spacial score (nSPS) is 11.8. The van der Waals surface area contributed by atoms with Crippen molar-refractivity contribution in [1.82, 2.24) is 15.0 Å². The fourth-order valence-electron chi connectivity index (χ4n) is 7.82. The molecule has 0 aliphatic carbocycles. The van der Waals surface area contributed by atoms with Gasteiger partial charge in [-0.25, -0.2) is 15.0 Å². The first-order valence-electron chi connectivity index (χ1n) is 17.8. The zero-order valence-electron chi connectivity index (χ0n) is 28.5. The summed E-state index contributed by atoms with van der Waals surface area (Å²) in [7, 11) is 0. The summed E-state index contributed by atoms with van der Waals surface area (Å²) in [6.45, 7) is 0. The van der Waals surface area contributed by atoms with E-state index in [4.69, 9.17) is 15.0 Å². The summed E-state index contributed by atoms with van der Waals surface area (Å²) < 4.78 is 2.50. The summed E-state index contributed by atoms with van der Waals surface area (Å²) in [5.41, 5.74) is 5.24. The number of hydrogen-bond acceptors (Lipinski definition) is 4. The molecule has 0 aliphatic rings. The van der Waals surface area contributed by atoms with Crippen LogP contribution in [0.3, 0.4) is 0 Å². The molecule has 11 aromatic rings. The Bertz CT molecular complexity index is 3230. The van der Waals surface area contributed by atoms with Crippen LogP contribution in [0.1, 0.15) is 0 Å². The first-order valence-corrected chi connectivity index (χ1v) is 18.7. The zero-order chi connectivity index (χ0) is 34.9. The number of fused-ring (bicyclic) bond motifs is 9. The average molecular weight is 692 g/mol. The molecule has 246 valence electrons. The van der Waals surface area contributed by atoms with Gasteiger partial charge in [0, 0.05) is 42.2 Å². The van der Waals surface area contributed by atoms with Crippen LogP contribution in [0, 0.1) is 0 Å². The van der Waals surface area contributed by atoms with Gasteiger partial charge < -0.3 is 0 Å². The SMILES string of the molecule is c1ccc2cc(-c3ccc(-c4nc(-c5ccc6ccccc6c5)nc(-c5cc6ccc7ccccc7c6c6sc7ccccc7c56)n4)cc3)ccc2c1. The molecule has 0 fully saturated rings. The standard InChI is InChI=1S/C49H29N3S/c1-3-12-35-27-37(24-19-30(35)9-1)32-17-22-34(23-18-32)47-50-48(39-26-20-31-10-2-4-13-36(31)28-39)52-49(51-47)42-29-38-25-21-33-11-5-6-14-40(33)44(38)46-45(42)41-15-7-8-16-43(41)53-46/h1-29H. The van der Waals surface area contributed by atoms with E-state index in [-0.39, 0.29) is 0 Å². The molecule has 0 amide bonds. The number of rotatable bonds is 4. The topological polar surface area (TPSA) is 38.7 Å². The van der Waals surface area contributed by atoms with Crippen molar-refractivity contribution >= 4 is 74.6 Å². The van der Waals surface area contributed by atoms with E-state index in [2.05, 4.69) is 176 Å². The van der Waals surface area contributed by atoms with Crippen LogP contribution in [0.5, 0.6) is 0 Å². The highest BCUT2D eigenvalue weighted by Gasteiger charge is 2.20. The Balaban J connectivity index is 1.15. The second-order valence-electron chi connectivity index (χ2n) is 13.6. The molecular formula is C49H29N3S. The van der Waals surface area contributed by atoms with Crippen molar-refractivity contribution in [2.75, 3.05) is 0 Å². The molecule has 9 aromatic carbocycles. The Hall–Kier alpha value is -6.75. The van der Waals surface area contributed by atoms with Gasteiger partial charge in [0.2, 0.25) is 0 Å². The highest BCUT2D eigenvalue weighted by Crippen LogP contribution is 2.46. The lowest BCUT2D eigenvalue weighted by Gasteiger charge is -2.13. The lowest BCUT2D eigenvalue weighted by molar-refractivity contribution is 1.08. The molecule has 0 atom stereocenters. The zero-order valence-corrected chi connectivity index (χ0v) is 29.3. The maximum atomic E-state index is 5.29. The van der Waals surface area contributed by atoms with E-state index < -0.39 is 0 Å². The summed E-state index contributed by atoms with van der Waals surface area (Å²) in [4.78, 5) is 15.7. The number of thiophene rings is 1. The maximum Gasteiger partial charge on any atom is 0.164 e. The van der Waals surface area contributed by atoms with Crippen molar-refractivity contribution < 1.29 is 0 Å². The minimum absolute atomic E-state index is 0.648. The molecule has 0 bridgehead atoms. The Labute approximate surface area is 309 Å². The van der Waals surface area contributed by atoms with Crippen molar-refractivity contribution in [2.24, 2.45) is 0 Å². The summed E-state index contributed by atoms with van der Waals surface area (Å²) in [5.74, 6) is 1.97. The molecule has 0 aliphatic heterocycles. The molecule has 0 saturated carbocycles. The minimum Gasteiger partial charge on any atom is -0.208 e. The van der Waals surface area contributed by atoms with Crippen LogP contribution in [-0.4, -0.2) is 15.0 Å². The van der Waals surface area contributed by atoms with Crippen molar-refractivity contribution in [3.05, 3.63) is 176 Å². The van der Waals surface area contributed by atoms with Crippen LogP contribution in [0.4, 0.5) is 0 Å². The Kier molecular flexibility index (Phi) is 6.73. The molecular weight excluding hydrogens is 663 g/mol. The fraction of sp³-hybridized carbons (Fsp3) is 0. The van der Waals surface area contributed by atoms with Gasteiger partial charge in [-0.2, -0.15) is 0 Å². The van der Waals surface area contributed by atoms with E-state index in [1.165, 1.54) is 63.4 Å². The monoisotopic (exact) mass is 691 g/mol. The number of benzene rings is 9. The van der Waals surface area contributed by atoms with Crippen molar-refractivity contribution in [3.63, 3.8) is 0 Å². The van der Waals surface area contributed by atoms with E-state index >= 15 is 0 Å². The fourth-order valence-corrected chi connectivity index (χ4v) is 9.12. The molecule has 53 heavy (non-hydrogen) atoms. The highest BCUT2D eigenvalue weighted by atomic mass is 32.1. The second kappa shape index (κ2) is 11.9. The van der Waals surface area contributed by atoms with Gasteiger partial charge in [-0.1, -0.05) is 152 Å². The predicted molar refractivity (Wildman–Crippen MR) is 224 cm³/mol. The van der Waals surface area contributed by atoms with E-state index in [0.29, 0.717) is 17.5 Å². The van der Waals surface area contributed by atoms with Crippen LogP contribution in [0.15, 0.2) is 176 Å². The van der Waals surface area contributed by atoms with Gasteiger partial charge in [-0.3, -0.25) is 0 Å². The van der Waals surface area contributed by atoms with Crippen LogP contribution in [0.25, 0.3) is 109 Å². The third-order valence-electron chi connectivity index (χ3n) is 10.5. The summed E-state index contributed by atoms with van der Waals surface area (Å²) in [6, 6.07) is 62.7. The van der Waals surface area contributed by atoms with Crippen LogP contribution in [-0.2, 0) is 0 Å². The van der Waals surface area contributed by atoms with Gasteiger partial charge in [0.05, 0.1) is 0 Å². The van der Waals surface area contributed by atoms with Gasteiger partial charge in [0.15, 0.2) is 17.5 Å². The van der Waals surface area contributed by atoms with Crippen molar-refractivity contribution in [1.29, 1.82) is 0 Å². The minimum atomic E-state index is 0.648. The first-order chi connectivity index (χ1) is 26.2. The molecule has 0 saturated heterocycles. The molecule has 2 aromatic heterocycles. The number of nitrogens with zero attached hydrogens (tertiary/aromatic N) is 3. The Morgan fingerprint density at radius 2 is 0.830 bits per heavy atom. The molecule has 2 heterocycles. The molecule has 0 unspecified atom stereocenters. The lowest BCUT2D eigenvalue weighted by Crippen LogP contribution is -2.00. The smallest absolute Gasteiger partial charge is 0.164 e. The molecule has 0 spiro atoms. The molecule has 0 N–H and O–H groups in total. The molecule has 0 radical (unpaired) electrons. The van der Waals surface area contributed by atoms with Gasteiger partial charge in [0.1, 0.15) is 0 Å². The third-order valence-corrected chi connectivity index (χ3v) is 11.7. The van der Waals surface area contributed by atoms with E-state index in [9.17, 15) is 0 Å². The summed E-state index contributed by atoms with van der Waals surface area (Å²) in [5, 5.41) is 12.1. The van der Waals surface area contributed by atoms with Crippen LogP contribution in [0.2, 0.25) is 0 Å². The highest BCUT2D eigenvalue weighted by molar-refractivity contribution is 7.27. The predicted octanol–water partition coefficient (Wildman–Crippen LogP) is 13.5. The van der Waals surface area contributed by atoms with Gasteiger partial charge in [0.25, 0.3) is 0 Å². The van der Waals surface area contributed by atoms with E-state index in [1.54, 1.807) is 0 Å².